The first-order valence-corrected chi connectivity index (χ1v) is 10.2. The largest absolute Gasteiger partial charge is 0.447 e. The molecule has 1 aliphatic rings. The van der Waals surface area contributed by atoms with E-state index in [1.54, 1.807) is 35.6 Å². The Kier molecular flexibility index (Phi) is 5.58. The van der Waals surface area contributed by atoms with Crippen molar-refractivity contribution in [3.63, 3.8) is 0 Å². The summed E-state index contributed by atoms with van der Waals surface area (Å²) in [6.45, 7) is 8.20. The van der Waals surface area contributed by atoms with Gasteiger partial charge in [0.1, 0.15) is 23.9 Å². The number of anilines is 2. The molecule has 0 aliphatic carbocycles. The molecule has 1 aliphatic heterocycles. The van der Waals surface area contributed by atoms with Gasteiger partial charge in [-0.05, 0) is 49.1 Å². The molecule has 2 aromatic heterocycles. The van der Waals surface area contributed by atoms with Gasteiger partial charge in [0.2, 0.25) is 5.95 Å². The lowest BCUT2D eigenvalue weighted by Crippen LogP contribution is -2.37. The van der Waals surface area contributed by atoms with Crippen molar-refractivity contribution >= 4 is 17.9 Å². The van der Waals surface area contributed by atoms with E-state index in [1.807, 2.05) is 33.8 Å². The van der Waals surface area contributed by atoms with E-state index >= 15 is 0 Å². The number of hydrogen-bond donors (Lipinski definition) is 1. The third-order valence-corrected chi connectivity index (χ3v) is 5.34. The minimum absolute atomic E-state index is 0.0831. The van der Waals surface area contributed by atoms with Gasteiger partial charge in [-0.1, -0.05) is 19.9 Å². The van der Waals surface area contributed by atoms with Crippen LogP contribution in [0.25, 0.3) is 5.69 Å². The first-order valence-electron chi connectivity index (χ1n) is 10.2. The number of amides is 1. The van der Waals surface area contributed by atoms with Crippen LogP contribution in [0.2, 0.25) is 0 Å². The minimum atomic E-state index is -0.414. The van der Waals surface area contributed by atoms with Crippen molar-refractivity contribution in [2.24, 2.45) is 5.92 Å². The predicted octanol–water partition coefficient (Wildman–Crippen LogP) is 4.26. The Labute approximate surface area is 180 Å². The Morgan fingerprint density at radius 2 is 2.06 bits per heavy atom. The van der Waals surface area contributed by atoms with Crippen LogP contribution in [0.5, 0.6) is 0 Å². The third-order valence-electron chi connectivity index (χ3n) is 5.34. The SMILES string of the molecule is Cc1cnn(-c2ccc([C@H](C)Nc3nccc(N4C(=O)OC[C@@H]4C(C)C)n3)cc2F)c1. The van der Waals surface area contributed by atoms with E-state index in [2.05, 4.69) is 20.4 Å². The summed E-state index contributed by atoms with van der Waals surface area (Å²) in [4.78, 5) is 22.5. The van der Waals surface area contributed by atoms with Gasteiger partial charge < -0.3 is 10.1 Å². The maximum atomic E-state index is 14.7. The van der Waals surface area contributed by atoms with Crippen LogP contribution in [0.15, 0.2) is 42.9 Å². The molecule has 1 fully saturated rings. The van der Waals surface area contributed by atoms with Gasteiger partial charge >= 0.3 is 6.09 Å². The highest BCUT2D eigenvalue weighted by Gasteiger charge is 2.37. The number of carbonyl (C=O) groups is 1. The monoisotopic (exact) mass is 424 g/mol. The Bertz CT molecular complexity index is 1100. The van der Waals surface area contributed by atoms with Crippen molar-refractivity contribution in [3.8, 4) is 5.69 Å². The maximum absolute atomic E-state index is 14.7. The van der Waals surface area contributed by atoms with Crippen LogP contribution in [0, 0.1) is 18.7 Å². The molecule has 3 aromatic rings. The van der Waals surface area contributed by atoms with E-state index in [1.165, 1.54) is 10.7 Å². The van der Waals surface area contributed by atoms with E-state index in [0.29, 0.717) is 24.1 Å². The molecule has 1 aromatic carbocycles. The fourth-order valence-corrected chi connectivity index (χ4v) is 3.54. The second kappa shape index (κ2) is 8.33. The molecule has 1 saturated heterocycles. The van der Waals surface area contributed by atoms with E-state index in [0.717, 1.165) is 11.1 Å². The number of carbonyl (C=O) groups excluding carboxylic acids is 1. The smallest absolute Gasteiger partial charge is 0.415 e. The molecular weight excluding hydrogens is 399 g/mol. The molecule has 4 rings (SSSR count). The summed E-state index contributed by atoms with van der Waals surface area (Å²) in [6.07, 6.45) is 4.63. The molecule has 0 bridgehead atoms. The number of aryl methyl sites for hydroxylation is 1. The standard InChI is InChI=1S/C22H25FN6O2/c1-13(2)19-12-31-22(30)29(19)20-7-8-24-21(27-20)26-15(4)16-5-6-18(17(23)9-16)28-11-14(3)10-25-28/h5-11,13,15,19H,12H2,1-4H3,(H,24,26,27)/t15-,19+/m0/s1. The van der Waals surface area contributed by atoms with Crippen LogP contribution in [-0.2, 0) is 4.74 Å². The van der Waals surface area contributed by atoms with Crippen molar-refractivity contribution in [1.29, 1.82) is 0 Å². The van der Waals surface area contributed by atoms with Crippen LogP contribution in [0.4, 0.5) is 21.0 Å². The molecule has 2 atom stereocenters. The van der Waals surface area contributed by atoms with Gasteiger partial charge in [0.15, 0.2) is 0 Å². The highest BCUT2D eigenvalue weighted by molar-refractivity contribution is 5.89. The fraction of sp³-hybridized carbons (Fsp3) is 0.364. The summed E-state index contributed by atoms with van der Waals surface area (Å²) in [6, 6.07) is 6.34. The van der Waals surface area contributed by atoms with Crippen molar-refractivity contribution < 1.29 is 13.9 Å². The number of ether oxygens (including phenoxy) is 1. The first-order chi connectivity index (χ1) is 14.8. The predicted molar refractivity (Wildman–Crippen MR) is 115 cm³/mol. The molecule has 0 saturated carbocycles. The zero-order valence-electron chi connectivity index (χ0n) is 17.9. The van der Waals surface area contributed by atoms with E-state index in [-0.39, 0.29) is 23.8 Å². The van der Waals surface area contributed by atoms with Gasteiger partial charge in [-0.3, -0.25) is 4.90 Å². The summed E-state index contributed by atoms with van der Waals surface area (Å²) in [5.41, 5.74) is 2.08. The van der Waals surface area contributed by atoms with Crippen LogP contribution in [0.1, 0.15) is 37.9 Å². The summed E-state index contributed by atoms with van der Waals surface area (Å²) >= 11 is 0. The highest BCUT2D eigenvalue weighted by Crippen LogP contribution is 2.27. The van der Waals surface area contributed by atoms with Gasteiger partial charge in [-0.2, -0.15) is 10.1 Å². The lowest BCUT2D eigenvalue weighted by Gasteiger charge is -2.23. The Morgan fingerprint density at radius 1 is 1.26 bits per heavy atom. The number of hydrogen-bond acceptors (Lipinski definition) is 6. The Hall–Kier alpha value is -3.49. The molecule has 0 spiro atoms. The molecule has 0 unspecified atom stereocenters. The van der Waals surface area contributed by atoms with Gasteiger partial charge in [-0.15, -0.1) is 0 Å². The average molecular weight is 424 g/mol. The molecular formula is C22H25FN6O2. The minimum Gasteiger partial charge on any atom is -0.447 e. The van der Waals surface area contributed by atoms with Crippen LogP contribution >= 0.6 is 0 Å². The first kappa shape index (κ1) is 20.8. The molecule has 1 amide bonds. The lowest BCUT2D eigenvalue weighted by atomic mass is 10.0. The lowest BCUT2D eigenvalue weighted by molar-refractivity contribution is 0.177. The highest BCUT2D eigenvalue weighted by atomic mass is 19.1. The zero-order chi connectivity index (χ0) is 22.1. The Balaban J connectivity index is 1.53. The van der Waals surface area contributed by atoms with Gasteiger partial charge in [0.25, 0.3) is 0 Å². The number of aromatic nitrogens is 4. The fourth-order valence-electron chi connectivity index (χ4n) is 3.54. The molecule has 0 radical (unpaired) electrons. The van der Waals surface area contributed by atoms with E-state index in [4.69, 9.17) is 4.74 Å². The second-order valence-corrected chi connectivity index (χ2v) is 8.04. The van der Waals surface area contributed by atoms with Crippen molar-refractivity contribution in [3.05, 3.63) is 59.8 Å². The van der Waals surface area contributed by atoms with Gasteiger partial charge in [0, 0.05) is 12.4 Å². The number of halogens is 1. The summed E-state index contributed by atoms with van der Waals surface area (Å²) < 4.78 is 21.4. The quantitative estimate of drug-likeness (QED) is 0.636. The van der Waals surface area contributed by atoms with Crippen molar-refractivity contribution in [1.82, 2.24) is 19.7 Å². The summed E-state index contributed by atoms with van der Waals surface area (Å²) in [7, 11) is 0. The van der Waals surface area contributed by atoms with Crippen LogP contribution < -0.4 is 10.2 Å². The molecule has 162 valence electrons. The van der Waals surface area contributed by atoms with Crippen molar-refractivity contribution in [2.75, 3.05) is 16.8 Å². The number of nitrogens with one attached hydrogen (secondary N) is 1. The molecule has 9 heteroatoms. The summed E-state index contributed by atoms with van der Waals surface area (Å²) in [5.74, 6) is 0.668. The number of rotatable bonds is 6. The second-order valence-electron chi connectivity index (χ2n) is 8.04. The number of nitrogens with zero attached hydrogens (tertiary/aromatic N) is 5. The van der Waals surface area contributed by atoms with Crippen molar-refractivity contribution in [2.45, 2.75) is 39.8 Å². The van der Waals surface area contributed by atoms with E-state index in [9.17, 15) is 9.18 Å². The van der Waals surface area contributed by atoms with Crippen LogP contribution in [-0.4, -0.2) is 38.5 Å². The molecule has 8 nitrogen and oxygen atoms in total. The summed E-state index contributed by atoms with van der Waals surface area (Å²) in [5, 5.41) is 7.34. The normalized spacial score (nSPS) is 17.2. The number of cyclic esters (lactones) is 1. The zero-order valence-corrected chi connectivity index (χ0v) is 17.9. The number of benzene rings is 1. The van der Waals surface area contributed by atoms with E-state index < -0.39 is 6.09 Å². The Morgan fingerprint density at radius 3 is 2.74 bits per heavy atom. The van der Waals surface area contributed by atoms with Crippen LogP contribution in [0.3, 0.4) is 0 Å². The molecule has 31 heavy (non-hydrogen) atoms. The maximum Gasteiger partial charge on any atom is 0.415 e. The van der Waals surface area contributed by atoms with Gasteiger partial charge in [0.05, 0.1) is 18.3 Å². The molecule has 3 heterocycles. The average Bonchev–Trinajstić information content (AvgIpc) is 3.33. The topological polar surface area (TPSA) is 85.2 Å². The third kappa shape index (κ3) is 4.21. The molecule has 1 N–H and O–H groups in total. The van der Waals surface area contributed by atoms with Gasteiger partial charge in [-0.25, -0.2) is 18.9 Å².